The Kier molecular flexibility index (Phi) is 5.99. The van der Waals surface area contributed by atoms with Gasteiger partial charge in [0.25, 0.3) is 0 Å². The molecule has 0 radical (unpaired) electrons. The third-order valence-electron chi connectivity index (χ3n) is 4.69. The van der Waals surface area contributed by atoms with Crippen LogP contribution in [0.1, 0.15) is 22.7 Å². The lowest BCUT2D eigenvalue weighted by molar-refractivity contribution is 0.167. The first kappa shape index (κ1) is 17.1. The van der Waals surface area contributed by atoms with Gasteiger partial charge in [-0.2, -0.15) is 0 Å². The standard InChI is InChI=1S/C20H27N3O/c1-16-7-9-18(10-8-16)20-19(13-21-22-20)15-23(11-12-24)14-17-5-3-2-4-6-17/h2-10,19-22,24H,11-15H2,1H3. The molecule has 24 heavy (non-hydrogen) atoms. The number of hydrogen-bond donors (Lipinski definition) is 3. The molecule has 1 saturated heterocycles. The number of aryl methyl sites for hydroxylation is 1. The topological polar surface area (TPSA) is 47.5 Å². The van der Waals surface area contributed by atoms with Crippen LogP contribution in [0.4, 0.5) is 0 Å². The Hall–Kier alpha value is -1.72. The maximum absolute atomic E-state index is 9.43. The van der Waals surface area contributed by atoms with E-state index in [4.69, 9.17) is 0 Å². The Labute approximate surface area is 144 Å². The Morgan fingerprint density at radius 2 is 1.83 bits per heavy atom. The van der Waals surface area contributed by atoms with Crippen LogP contribution in [0, 0.1) is 12.8 Å². The van der Waals surface area contributed by atoms with Crippen LogP contribution < -0.4 is 10.9 Å². The molecule has 2 atom stereocenters. The monoisotopic (exact) mass is 325 g/mol. The zero-order chi connectivity index (χ0) is 16.8. The first-order chi connectivity index (χ1) is 11.8. The first-order valence-electron chi connectivity index (χ1n) is 8.68. The predicted molar refractivity (Wildman–Crippen MR) is 97.4 cm³/mol. The van der Waals surface area contributed by atoms with Gasteiger partial charge in [-0.3, -0.25) is 10.3 Å². The summed E-state index contributed by atoms with van der Waals surface area (Å²) in [6, 6.07) is 19.5. The van der Waals surface area contributed by atoms with Gasteiger partial charge in [0.05, 0.1) is 12.6 Å². The molecule has 0 amide bonds. The van der Waals surface area contributed by atoms with Gasteiger partial charge in [0.15, 0.2) is 0 Å². The molecule has 0 saturated carbocycles. The Bertz CT molecular complexity index is 615. The summed E-state index contributed by atoms with van der Waals surface area (Å²) in [5, 5.41) is 9.43. The molecule has 128 valence electrons. The van der Waals surface area contributed by atoms with Gasteiger partial charge in [-0.05, 0) is 18.1 Å². The second-order valence-corrected chi connectivity index (χ2v) is 6.62. The zero-order valence-electron chi connectivity index (χ0n) is 14.3. The SMILES string of the molecule is Cc1ccc(C2NNCC2CN(CCO)Cc2ccccc2)cc1. The van der Waals surface area contributed by atoms with Crippen molar-refractivity contribution >= 4 is 0 Å². The molecule has 3 rings (SSSR count). The van der Waals surface area contributed by atoms with Gasteiger partial charge in [0, 0.05) is 32.1 Å². The largest absolute Gasteiger partial charge is 0.395 e. The number of benzene rings is 2. The average Bonchev–Trinajstić information content (AvgIpc) is 3.05. The molecule has 0 bridgehead atoms. The van der Waals surface area contributed by atoms with Crippen molar-refractivity contribution in [1.82, 2.24) is 15.8 Å². The summed E-state index contributed by atoms with van der Waals surface area (Å²) in [6.07, 6.45) is 0. The van der Waals surface area contributed by atoms with Gasteiger partial charge in [-0.25, -0.2) is 5.43 Å². The normalized spacial score (nSPS) is 20.6. The molecule has 2 aromatic carbocycles. The number of hydrogen-bond acceptors (Lipinski definition) is 4. The maximum Gasteiger partial charge on any atom is 0.0558 e. The van der Waals surface area contributed by atoms with Gasteiger partial charge in [-0.15, -0.1) is 0 Å². The third-order valence-corrected chi connectivity index (χ3v) is 4.69. The number of rotatable bonds is 7. The van der Waals surface area contributed by atoms with Crippen molar-refractivity contribution in [1.29, 1.82) is 0 Å². The fourth-order valence-corrected chi connectivity index (χ4v) is 3.38. The van der Waals surface area contributed by atoms with Crippen molar-refractivity contribution in [2.24, 2.45) is 5.92 Å². The van der Waals surface area contributed by atoms with Gasteiger partial charge in [0.2, 0.25) is 0 Å². The van der Waals surface area contributed by atoms with E-state index in [0.717, 1.165) is 19.6 Å². The number of nitrogens with zero attached hydrogens (tertiary/aromatic N) is 1. The van der Waals surface area contributed by atoms with E-state index in [1.165, 1.54) is 16.7 Å². The Morgan fingerprint density at radius 1 is 1.08 bits per heavy atom. The van der Waals surface area contributed by atoms with Crippen LogP contribution >= 0.6 is 0 Å². The summed E-state index contributed by atoms with van der Waals surface area (Å²) in [4.78, 5) is 2.34. The van der Waals surface area contributed by atoms with E-state index in [1.54, 1.807) is 0 Å². The van der Waals surface area contributed by atoms with E-state index >= 15 is 0 Å². The Morgan fingerprint density at radius 3 is 2.54 bits per heavy atom. The number of aliphatic hydroxyl groups excluding tert-OH is 1. The molecular weight excluding hydrogens is 298 g/mol. The molecule has 2 aromatic rings. The van der Waals surface area contributed by atoms with Gasteiger partial charge in [-0.1, -0.05) is 60.2 Å². The second kappa shape index (κ2) is 8.40. The summed E-state index contributed by atoms with van der Waals surface area (Å²) < 4.78 is 0. The minimum atomic E-state index is 0.190. The predicted octanol–water partition coefficient (Wildman–Crippen LogP) is 2.25. The van der Waals surface area contributed by atoms with E-state index in [0.29, 0.717) is 18.5 Å². The van der Waals surface area contributed by atoms with Crippen LogP contribution in [-0.2, 0) is 6.54 Å². The van der Waals surface area contributed by atoms with Crippen LogP contribution in [0.15, 0.2) is 54.6 Å². The lowest BCUT2D eigenvalue weighted by Gasteiger charge is -2.27. The molecule has 1 heterocycles. The van der Waals surface area contributed by atoms with E-state index in [2.05, 4.69) is 71.2 Å². The summed E-state index contributed by atoms with van der Waals surface area (Å²) >= 11 is 0. The highest BCUT2D eigenvalue weighted by atomic mass is 16.3. The van der Waals surface area contributed by atoms with E-state index in [9.17, 15) is 5.11 Å². The van der Waals surface area contributed by atoms with Crippen molar-refractivity contribution in [3.63, 3.8) is 0 Å². The minimum Gasteiger partial charge on any atom is -0.395 e. The van der Waals surface area contributed by atoms with Crippen LogP contribution in [-0.4, -0.2) is 36.2 Å². The molecule has 4 heteroatoms. The quantitative estimate of drug-likeness (QED) is 0.731. The summed E-state index contributed by atoms with van der Waals surface area (Å²) in [6.45, 7) is 5.77. The number of hydrazine groups is 1. The van der Waals surface area contributed by atoms with Crippen LogP contribution in [0.5, 0.6) is 0 Å². The molecule has 0 aromatic heterocycles. The van der Waals surface area contributed by atoms with Crippen LogP contribution in [0.25, 0.3) is 0 Å². The van der Waals surface area contributed by atoms with Crippen LogP contribution in [0.3, 0.4) is 0 Å². The van der Waals surface area contributed by atoms with E-state index in [-0.39, 0.29) is 6.61 Å². The molecule has 4 nitrogen and oxygen atoms in total. The fraction of sp³-hybridized carbons (Fsp3) is 0.400. The lowest BCUT2D eigenvalue weighted by Crippen LogP contribution is -2.34. The molecule has 1 aliphatic heterocycles. The van der Waals surface area contributed by atoms with E-state index < -0.39 is 0 Å². The highest BCUT2D eigenvalue weighted by molar-refractivity contribution is 5.25. The third kappa shape index (κ3) is 4.42. The van der Waals surface area contributed by atoms with Crippen molar-refractivity contribution < 1.29 is 5.11 Å². The zero-order valence-corrected chi connectivity index (χ0v) is 14.3. The maximum atomic E-state index is 9.43. The second-order valence-electron chi connectivity index (χ2n) is 6.62. The van der Waals surface area contributed by atoms with E-state index in [1.807, 2.05) is 6.07 Å². The lowest BCUT2D eigenvalue weighted by atomic mass is 9.93. The molecule has 0 aliphatic carbocycles. The average molecular weight is 325 g/mol. The summed E-state index contributed by atoms with van der Waals surface area (Å²) in [5.41, 5.74) is 10.6. The summed E-state index contributed by atoms with van der Waals surface area (Å²) in [5.74, 6) is 0.475. The van der Waals surface area contributed by atoms with Crippen molar-refractivity contribution in [2.45, 2.75) is 19.5 Å². The first-order valence-corrected chi connectivity index (χ1v) is 8.68. The van der Waals surface area contributed by atoms with Gasteiger partial charge >= 0.3 is 0 Å². The van der Waals surface area contributed by atoms with Crippen molar-refractivity contribution in [3.8, 4) is 0 Å². The Balaban J connectivity index is 1.67. The fourth-order valence-electron chi connectivity index (χ4n) is 3.38. The van der Waals surface area contributed by atoms with Gasteiger partial charge < -0.3 is 5.11 Å². The molecule has 1 fully saturated rings. The number of nitrogens with one attached hydrogen (secondary N) is 2. The van der Waals surface area contributed by atoms with Crippen LogP contribution in [0.2, 0.25) is 0 Å². The number of aliphatic hydroxyl groups is 1. The highest BCUT2D eigenvalue weighted by Gasteiger charge is 2.29. The summed E-state index contributed by atoms with van der Waals surface area (Å²) in [7, 11) is 0. The van der Waals surface area contributed by atoms with Gasteiger partial charge in [0.1, 0.15) is 0 Å². The molecule has 2 unspecified atom stereocenters. The smallest absolute Gasteiger partial charge is 0.0558 e. The minimum absolute atomic E-state index is 0.190. The molecule has 3 N–H and O–H groups in total. The van der Waals surface area contributed by atoms with Crippen molar-refractivity contribution in [3.05, 3.63) is 71.3 Å². The molecule has 1 aliphatic rings. The molecule has 0 spiro atoms. The van der Waals surface area contributed by atoms with Crippen molar-refractivity contribution in [2.75, 3.05) is 26.2 Å². The highest BCUT2D eigenvalue weighted by Crippen LogP contribution is 2.26. The molecular formula is C20H27N3O.